The van der Waals surface area contributed by atoms with Crippen LogP contribution in [-0.4, -0.2) is 6.54 Å². The van der Waals surface area contributed by atoms with E-state index < -0.39 is 0 Å². The Bertz CT molecular complexity index is 1120. The van der Waals surface area contributed by atoms with Crippen LogP contribution >= 0.6 is 22.9 Å². The number of halogens is 1. The first-order valence-corrected chi connectivity index (χ1v) is 10.6. The van der Waals surface area contributed by atoms with Crippen LogP contribution < -0.4 is 15.7 Å². The molecule has 3 aromatic rings. The van der Waals surface area contributed by atoms with Gasteiger partial charge in [0.1, 0.15) is 0 Å². The summed E-state index contributed by atoms with van der Waals surface area (Å²) < 4.78 is 1.83. The molecule has 0 spiro atoms. The van der Waals surface area contributed by atoms with Gasteiger partial charge in [-0.05, 0) is 37.8 Å². The predicted octanol–water partition coefficient (Wildman–Crippen LogP) is 6.02. The highest BCUT2D eigenvalue weighted by molar-refractivity contribution is 7.25. The topological polar surface area (TPSA) is 38.3 Å². The third-order valence-electron chi connectivity index (χ3n) is 5.03. The molecule has 1 heterocycles. The molecule has 4 rings (SSSR count). The van der Waals surface area contributed by atoms with E-state index in [4.69, 9.17) is 16.4 Å². The molecule has 0 saturated carbocycles. The van der Waals surface area contributed by atoms with Gasteiger partial charge in [0.15, 0.2) is 11.2 Å². The van der Waals surface area contributed by atoms with E-state index in [1.807, 2.05) is 31.2 Å². The van der Waals surface area contributed by atoms with Gasteiger partial charge in [0.05, 0.1) is 15.1 Å². The molecule has 0 bridgehead atoms. The lowest BCUT2D eigenvalue weighted by Gasteiger charge is -2.20. The molecule has 0 aliphatic heterocycles. The Hall–Kier alpha value is -1.88. The molecule has 140 valence electrons. The van der Waals surface area contributed by atoms with E-state index in [2.05, 4.69) is 18.5 Å². The van der Waals surface area contributed by atoms with Gasteiger partial charge < -0.3 is 4.84 Å². The lowest BCUT2D eigenvalue weighted by Crippen LogP contribution is -2.21. The zero-order valence-corrected chi connectivity index (χ0v) is 17.1. The van der Waals surface area contributed by atoms with Crippen LogP contribution in [0, 0.1) is 6.92 Å². The normalized spacial score (nSPS) is 13.3. The third-order valence-corrected chi connectivity index (χ3v) is 6.76. The molecule has 0 saturated heterocycles. The largest absolute Gasteiger partial charge is 0.407 e. The maximum absolute atomic E-state index is 13.3. The van der Waals surface area contributed by atoms with Crippen molar-refractivity contribution < 1.29 is 4.84 Å². The average molecular weight is 400 g/mol. The van der Waals surface area contributed by atoms with Crippen LogP contribution in [0.2, 0.25) is 5.02 Å². The highest BCUT2D eigenvalue weighted by Gasteiger charge is 2.23. The fourth-order valence-corrected chi connectivity index (χ4v) is 5.25. The number of nitrogens with one attached hydrogen (secondary N) is 1. The SMILES string of the molecule is CCCCNOc1c2c(c(Cl)c3c(=O)c4cccc(C)c4sc13)C=CCC2. The van der Waals surface area contributed by atoms with Gasteiger partial charge >= 0.3 is 0 Å². The molecular weight excluding hydrogens is 378 g/mol. The van der Waals surface area contributed by atoms with Gasteiger partial charge in [-0.15, -0.1) is 11.3 Å². The van der Waals surface area contributed by atoms with Crippen LogP contribution in [0.4, 0.5) is 0 Å². The fourth-order valence-electron chi connectivity index (χ4n) is 3.57. The Kier molecular flexibility index (Phi) is 5.22. The molecule has 1 N–H and O–H groups in total. The highest BCUT2D eigenvalue weighted by Crippen LogP contribution is 2.44. The zero-order valence-electron chi connectivity index (χ0n) is 15.5. The van der Waals surface area contributed by atoms with Crippen LogP contribution in [0.15, 0.2) is 29.1 Å². The molecule has 1 aliphatic rings. The number of hydroxylamine groups is 1. The molecule has 5 heteroatoms. The Morgan fingerprint density at radius 2 is 2.15 bits per heavy atom. The molecule has 0 fully saturated rings. The maximum Gasteiger partial charge on any atom is 0.197 e. The van der Waals surface area contributed by atoms with E-state index >= 15 is 0 Å². The molecule has 0 atom stereocenters. The van der Waals surface area contributed by atoms with E-state index in [1.54, 1.807) is 11.3 Å². The van der Waals surface area contributed by atoms with Crippen LogP contribution in [-0.2, 0) is 6.42 Å². The van der Waals surface area contributed by atoms with Crippen molar-refractivity contribution in [2.24, 2.45) is 0 Å². The van der Waals surface area contributed by atoms with E-state index in [0.717, 1.165) is 69.5 Å². The average Bonchev–Trinajstić information content (AvgIpc) is 2.68. The van der Waals surface area contributed by atoms with Crippen molar-refractivity contribution in [1.82, 2.24) is 5.48 Å². The van der Waals surface area contributed by atoms with Crippen LogP contribution in [0.3, 0.4) is 0 Å². The number of benzene rings is 2. The monoisotopic (exact) mass is 399 g/mol. The molecule has 0 radical (unpaired) electrons. The minimum atomic E-state index is -0.0207. The molecule has 1 aromatic heterocycles. The number of hydrogen-bond acceptors (Lipinski definition) is 4. The molecule has 3 nitrogen and oxygen atoms in total. The van der Waals surface area contributed by atoms with E-state index in [0.29, 0.717) is 10.4 Å². The maximum atomic E-state index is 13.3. The highest BCUT2D eigenvalue weighted by atomic mass is 35.5. The summed E-state index contributed by atoms with van der Waals surface area (Å²) in [5.41, 5.74) is 6.16. The predicted molar refractivity (Wildman–Crippen MR) is 116 cm³/mol. The molecule has 2 aromatic carbocycles. The molecule has 0 unspecified atom stereocenters. The zero-order chi connectivity index (χ0) is 19.0. The van der Waals surface area contributed by atoms with Crippen molar-refractivity contribution in [3.8, 4) is 5.75 Å². The number of rotatable bonds is 5. The molecule has 27 heavy (non-hydrogen) atoms. The van der Waals surface area contributed by atoms with Gasteiger partial charge in [-0.3, -0.25) is 4.79 Å². The summed E-state index contributed by atoms with van der Waals surface area (Å²) >= 11 is 8.34. The minimum Gasteiger partial charge on any atom is -0.407 e. The third kappa shape index (κ3) is 3.16. The van der Waals surface area contributed by atoms with Crippen molar-refractivity contribution in [2.45, 2.75) is 39.5 Å². The molecule has 0 amide bonds. The van der Waals surface area contributed by atoms with Gasteiger partial charge in [0.25, 0.3) is 0 Å². The Balaban J connectivity index is 2.04. The van der Waals surface area contributed by atoms with Gasteiger partial charge in [-0.1, -0.05) is 49.2 Å². The first-order valence-electron chi connectivity index (χ1n) is 9.40. The standard InChI is InChI=1S/C22H22ClNO2S/c1-3-4-12-24-26-20-15-10-6-5-9-14(15)18(23)17-19(25)16-11-7-8-13(2)21(16)27-22(17)20/h5,7-9,11,24H,3-4,6,10,12H2,1-2H3. The van der Waals surface area contributed by atoms with E-state index in [-0.39, 0.29) is 5.43 Å². The summed E-state index contributed by atoms with van der Waals surface area (Å²) in [7, 11) is 0. The van der Waals surface area contributed by atoms with Crippen LogP contribution in [0.25, 0.3) is 26.2 Å². The summed E-state index contributed by atoms with van der Waals surface area (Å²) in [6.07, 6.45) is 8.06. The van der Waals surface area contributed by atoms with Crippen molar-refractivity contribution >= 4 is 49.2 Å². The first-order chi connectivity index (χ1) is 13.1. The van der Waals surface area contributed by atoms with Gasteiger partial charge in [0.2, 0.25) is 0 Å². The quantitative estimate of drug-likeness (QED) is 0.324. The van der Waals surface area contributed by atoms with Crippen molar-refractivity contribution in [3.63, 3.8) is 0 Å². The Labute approximate surface area is 167 Å². The van der Waals surface area contributed by atoms with Gasteiger partial charge in [0, 0.05) is 27.8 Å². The fraction of sp³-hybridized carbons (Fsp3) is 0.318. The lowest BCUT2D eigenvalue weighted by atomic mass is 9.94. The lowest BCUT2D eigenvalue weighted by molar-refractivity contribution is 0.195. The second-order valence-electron chi connectivity index (χ2n) is 6.91. The van der Waals surface area contributed by atoms with Crippen LogP contribution in [0.5, 0.6) is 5.75 Å². The molecule has 1 aliphatic carbocycles. The summed E-state index contributed by atoms with van der Waals surface area (Å²) in [5.74, 6) is 0.761. The number of allylic oxidation sites excluding steroid dienone is 1. The summed E-state index contributed by atoms with van der Waals surface area (Å²) in [6, 6.07) is 5.84. The minimum absolute atomic E-state index is 0.0207. The van der Waals surface area contributed by atoms with Crippen molar-refractivity contribution in [1.29, 1.82) is 0 Å². The second-order valence-corrected chi connectivity index (χ2v) is 8.31. The van der Waals surface area contributed by atoms with E-state index in [9.17, 15) is 4.79 Å². The first kappa shape index (κ1) is 18.5. The number of aryl methyl sites for hydroxylation is 1. The Morgan fingerprint density at radius 1 is 1.30 bits per heavy atom. The van der Waals surface area contributed by atoms with Crippen molar-refractivity contribution in [3.05, 3.63) is 56.2 Å². The molecular formula is C22H22ClNO2S. The second kappa shape index (κ2) is 7.63. The smallest absolute Gasteiger partial charge is 0.197 e. The van der Waals surface area contributed by atoms with Gasteiger partial charge in [-0.2, -0.15) is 5.48 Å². The summed E-state index contributed by atoms with van der Waals surface area (Å²) in [4.78, 5) is 19.3. The van der Waals surface area contributed by atoms with Crippen LogP contribution in [0.1, 0.15) is 42.9 Å². The summed E-state index contributed by atoms with van der Waals surface area (Å²) in [5, 5.41) is 1.83. The Morgan fingerprint density at radius 3 is 2.96 bits per heavy atom. The number of hydrogen-bond donors (Lipinski definition) is 1. The van der Waals surface area contributed by atoms with E-state index in [1.165, 1.54) is 0 Å². The van der Waals surface area contributed by atoms with Gasteiger partial charge in [-0.25, -0.2) is 0 Å². The van der Waals surface area contributed by atoms with Crippen molar-refractivity contribution in [2.75, 3.05) is 6.54 Å². The summed E-state index contributed by atoms with van der Waals surface area (Å²) in [6.45, 7) is 4.95. The number of fused-ring (bicyclic) bond motifs is 3. The number of unbranched alkanes of at least 4 members (excludes halogenated alkanes) is 1.